The summed E-state index contributed by atoms with van der Waals surface area (Å²) in [4.78, 5) is 15.5. The van der Waals surface area contributed by atoms with Gasteiger partial charge in [-0.1, -0.05) is 19.4 Å². The zero-order valence-electron chi connectivity index (χ0n) is 18.3. The van der Waals surface area contributed by atoms with Crippen molar-refractivity contribution >= 4 is 5.91 Å². The van der Waals surface area contributed by atoms with E-state index in [0.29, 0.717) is 38.0 Å². The lowest BCUT2D eigenvalue weighted by Crippen LogP contribution is -2.61. The van der Waals surface area contributed by atoms with Crippen LogP contribution in [0.5, 0.6) is 0 Å². The second kappa shape index (κ2) is 8.61. The zero-order valence-corrected chi connectivity index (χ0v) is 18.3. The fourth-order valence-electron chi connectivity index (χ4n) is 4.95. The molecule has 166 valence electrons. The molecule has 7 heteroatoms. The highest BCUT2D eigenvalue weighted by molar-refractivity contribution is 5.89. The largest absolute Gasteiger partial charge is 0.372 e. The minimum absolute atomic E-state index is 0.0676. The van der Waals surface area contributed by atoms with Crippen molar-refractivity contribution in [2.24, 2.45) is 0 Å². The molecule has 0 spiro atoms. The number of amides is 1. The number of hydrogen-bond donors (Lipinski definition) is 0. The molecule has 31 heavy (non-hydrogen) atoms. The zero-order chi connectivity index (χ0) is 22.2. The number of ether oxygens (including phenoxy) is 1. The van der Waals surface area contributed by atoms with Gasteiger partial charge in [0.1, 0.15) is 11.6 Å². The number of halogens is 2. The number of aromatic nitrogens is 2. The van der Waals surface area contributed by atoms with Crippen molar-refractivity contribution in [3.8, 4) is 11.3 Å². The van der Waals surface area contributed by atoms with Crippen molar-refractivity contribution in [3.05, 3.63) is 47.2 Å². The van der Waals surface area contributed by atoms with E-state index in [-0.39, 0.29) is 29.4 Å². The maximum absolute atomic E-state index is 14.3. The second-order valence-corrected chi connectivity index (χ2v) is 8.90. The van der Waals surface area contributed by atoms with Crippen LogP contribution in [0.3, 0.4) is 0 Å². The molecular formula is C24H29F2N3O2. The van der Waals surface area contributed by atoms with Crippen molar-refractivity contribution in [2.45, 2.75) is 70.5 Å². The summed E-state index contributed by atoms with van der Waals surface area (Å²) >= 11 is 0. The van der Waals surface area contributed by atoms with Gasteiger partial charge in [-0.3, -0.25) is 4.79 Å². The Hall–Kier alpha value is -2.41. The van der Waals surface area contributed by atoms with E-state index in [0.717, 1.165) is 18.4 Å². The first-order valence-corrected chi connectivity index (χ1v) is 11.1. The summed E-state index contributed by atoms with van der Waals surface area (Å²) in [6, 6.07) is 5.46. The number of fused-ring (bicyclic) bond motifs is 1. The van der Waals surface area contributed by atoms with E-state index in [1.807, 2.05) is 18.7 Å². The monoisotopic (exact) mass is 429 g/mol. The number of carbonyl (C=O) groups is 1. The molecule has 0 radical (unpaired) electrons. The van der Waals surface area contributed by atoms with Crippen LogP contribution in [-0.4, -0.2) is 46.3 Å². The van der Waals surface area contributed by atoms with E-state index in [2.05, 4.69) is 17.1 Å². The number of hydrogen-bond acceptors (Lipinski definition) is 4. The molecule has 0 saturated carbocycles. The molecule has 1 atom stereocenters. The molecule has 0 bridgehead atoms. The van der Waals surface area contributed by atoms with E-state index >= 15 is 0 Å². The Kier molecular flexibility index (Phi) is 6.06. The summed E-state index contributed by atoms with van der Waals surface area (Å²) in [6.07, 6.45) is 3.95. The Morgan fingerprint density at radius 1 is 1.26 bits per heavy atom. The van der Waals surface area contributed by atoms with E-state index in [1.54, 1.807) is 6.07 Å². The van der Waals surface area contributed by atoms with E-state index < -0.39 is 17.0 Å². The van der Waals surface area contributed by atoms with E-state index in [4.69, 9.17) is 4.74 Å². The number of carbonyl (C=O) groups excluding carboxylic acids is 1. The summed E-state index contributed by atoms with van der Waals surface area (Å²) in [6.45, 7) is 7.21. The molecule has 0 unspecified atom stereocenters. The lowest BCUT2D eigenvalue weighted by Gasteiger charge is -2.46. The topological polar surface area (TPSA) is 55.3 Å². The van der Waals surface area contributed by atoms with Crippen molar-refractivity contribution in [1.82, 2.24) is 15.1 Å². The number of benzene rings is 1. The van der Waals surface area contributed by atoms with E-state index in [9.17, 15) is 13.6 Å². The van der Waals surface area contributed by atoms with Crippen LogP contribution in [0, 0.1) is 11.6 Å². The quantitative estimate of drug-likeness (QED) is 0.682. The number of nitrogens with zero attached hydrogens (tertiary/aromatic N) is 3. The van der Waals surface area contributed by atoms with Gasteiger partial charge >= 0.3 is 0 Å². The highest BCUT2D eigenvalue weighted by atomic mass is 19.1. The molecule has 2 aromatic rings. The normalized spacial score (nSPS) is 21.2. The molecule has 1 aliphatic carbocycles. The van der Waals surface area contributed by atoms with Crippen LogP contribution in [0.2, 0.25) is 0 Å². The molecule has 2 heterocycles. The Bertz CT molecular complexity index is 955. The summed E-state index contributed by atoms with van der Waals surface area (Å²) in [7, 11) is 0. The maximum Gasteiger partial charge on any atom is 0.235 e. The third-order valence-corrected chi connectivity index (χ3v) is 6.28. The first kappa shape index (κ1) is 21.8. The third-order valence-electron chi connectivity index (χ3n) is 6.28. The van der Waals surface area contributed by atoms with Gasteiger partial charge in [0.25, 0.3) is 0 Å². The standard InChI is InChI=1S/C24H29F2N3O2/c1-4-10-24(23(30)29-13-17(14-29)31-15(2)3)11-6-7-16-12-20(27-28-22(16)24)21-18(25)8-5-9-19(21)26/h5,8-9,12,15,17H,4,6-7,10-11,13-14H2,1-3H3/t24-/m0/s1. The minimum atomic E-state index is -0.732. The first-order valence-electron chi connectivity index (χ1n) is 11.1. The van der Waals surface area contributed by atoms with Crippen LogP contribution in [-0.2, 0) is 21.4 Å². The van der Waals surface area contributed by atoms with Crippen LogP contribution < -0.4 is 0 Å². The van der Waals surface area contributed by atoms with Gasteiger partial charge in [0.2, 0.25) is 5.91 Å². The lowest BCUT2D eigenvalue weighted by atomic mass is 9.68. The molecule has 5 nitrogen and oxygen atoms in total. The highest BCUT2D eigenvalue weighted by Gasteiger charge is 2.49. The van der Waals surface area contributed by atoms with Crippen molar-refractivity contribution in [1.29, 1.82) is 0 Å². The van der Waals surface area contributed by atoms with Gasteiger partial charge in [-0.25, -0.2) is 8.78 Å². The molecule has 2 aliphatic rings. The van der Waals surface area contributed by atoms with Crippen molar-refractivity contribution < 1.29 is 18.3 Å². The van der Waals surface area contributed by atoms with Gasteiger partial charge in [-0.05, 0) is 63.3 Å². The van der Waals surface area contributed by atoms with Gasteiger partial charge in [0, 0.05) is 13.1 Å². The summed E-state index contributed by atoms with van der Waals surface area (Å²) in [5, 5.41) is 8.59. The van der Waals surface area contributed by atoms with Gasteiger partial charge in [0.05, 0.1) is 34.6 Å². The summed E-state index contributed by atoms with van der Waals surface area (Å²) in [5.74, 6) is -1.27. The molecule has 1 saturated heterocycles. The van der Waals surface area contributed by atoms with Crippen molar-refractivity contribution in [3.63, 3.8) is 0 Å². The van der Waals surface area contributed by atoms with Crippen LogP contribution in [0.15, 0.2) is 24.3 Å². The number of rotatable bonds is 6. The lowest BCUT2D eigenvalue weighted by molar-refractivity contribution is -0.155. The SMILES string of the molecule is CCC[C@]1(C(=O)N2CC(OC(C)C)C2)CCCc2cc(-c3c(F)cccc3F)nnc21. The molecule has 1 amide bonds. The molecule has 4 rings (SSSR count). The molecular weight excluding hydrogens is 400 g/mol. The Morgan fingerprint density at radius 3 is 2.61 bits per heavy atom. The second-order valence-electron chi connectivity index (χ2n) is 8.90. The van der Waals surface area contributed by atoms with Crippen molar-refractivity contribution in [2.75, 3.05) is 13.1 Å². The Balaban J connectivity index is 1.67. The van der Waals surface area contributed by atoms with Gasteiger partial charge in [-0.15, -0.1) is 5.10 Å². The van der Waals surface area contributed by atoms with Gasteiger partial charge in [0.15, 0.2) is 0 Å². The summed E-state index contributed by atoms with van der Waals surface area (Å²) in [5.41, 5.74) is 0.788. The average Bonchev–Trinajstić information content (AvgIpc) is 2.70. The van der Waals surface area contributed by atoms with Crippen LogP contribution in [0.1, 0.15) is 57.7 Å². The maximum atomic E-state index is 14.3. The summed E-state index contributed by atoms with van der Waals surface area (Å²) < 4.78 is 34.4. The molecule has 1 aromatic carbocycles. The smallest absolute Gasteiger partial charge is 0.235 e. The number of likely N-dealkylation sites (tertiary alicyclic amines) is 1. The molecule has 1 aliphatic heterocycles. The molecule has 0 N–H and O–H groups in total. The fraction of sp³-hybridized carbons (Fsp3) is 0.542. The minimum Gasteiger partial charge on any atom is -0.372 e. The number of aryl methyl sites for hydroxylation is 1. The predicted molar refractivity (Wildman–Crippen MR) is 113 cm³/mol. The molecule has 1 fully saturated rings. The average molecular weight is 430 g/mol. The Labute approximate surface area is 181 Å². The molecule has 1 aromatic heterocycles. The van der Waals surface area contributed by atoms with Crippen LogP contribution in [0.4, 0.5) is 8.78 Å². The highest BCUT2D eigenvalue weighted by Crippen LogP contribution is 2.43. The van der Waals surface area contributed by atoms with Crippen LogP contribution >= 0.6 is 0 Å². The Morgan fingerprint density at radius 2 is 1.97 bits per heavy atom. The fourth-order valence-corrected chi connectivity index (χ4v) is 4.95. The van der Waals surface area contributed by atoms with E-state index in [1.165, 1.54) is 18.2 Å². The third kappa shape index (κ3) is 3.95. The first-order chi connectivity index (χ1) is 14.9. The van der Waals surface area contributed by atoms with Gasteiger partial charge in [-0.2, -0.15) is 5.10 Å². The van der Waals surface area contributed by atoms with Crippen LogP contribution in [0.25, 0.3) is 11.3 Å². The predicted octanol–water partition coefficient (Wildman–Crippen LogP) is 4.43. The van der Waals surface area contributed by atoms with Gasteiger partial charge < -0.3 is 9.64 Å².